The lowest BCUT2D eigenvalue weighted by Gasteiger charge is -2.33. The van der Waals surface area contributed by atoms with E-state index >= 15 is 0 Å². The van der Waals surface area contributed by atoms with E-state index in [0.29, 0.717) is 94.6 Å². The number of aliphatic hydroxyl groups is 3. The highest BCUT2D eigenvalue weighted by molar-refractivity contribution is 5.78. The van der Waals surface area contributed by atoms with Crippen LogP contribution in [0.2, 0.25) is 0 Å². The Bertz CT molecular complexity index is 1900. The van der Waals surface area contributed by atoms with Gasteiger partial charge in [-0.05, 0) is 76.2 Å². The first-order valence-electron chi connectivity index (χ1n) is 21.5. The molecule has 1 saturated carbocycles. The predicted molar refractivity (Wildman–Crippen MR) is 227 cm³/mol. The number of hydrogen-bond donors (Lipinski definition) is 3. The van der Waals surface area contributed by atoms with Gasteiger partial charge in [0.25, 0.3) is 0 Å². The SMILES string of the molecule is C#CCC1(C(=O)OCc2cnc(C)c(OC(=O)CCC/C=C\C[C@@H]3[C@@H](/C=C/[C@@H](O)CCc4ccccc4)[C@H](O)C[C@@H]3O)c2COC(=O)C2(CC#C)CCOCC2)CCOCC1. The molecular formula is C49H61NO11. The summed E-state index contributed by atoms with van der Waals surface area (Å²) in [5, 5.41) is 32.0. The number of nitrogens with zero attached hydrogens (tertiary/aromatic N) is 1. The Kier molecular flexibility index (Phi) is 18.1. The number of rotatable bonds is 20. The molecule has 12 nitrogen and oxygen atoms in total. The van der Waals surface area contributed by atoms with Crippen molar-refractivity contribution < 1.29 is 53.4 Å². The average molecular weight is 840 g/mol. The minimum atomic E-state index is -0.908. The number of pyridine rings is 1. The molecule has 61 heavy (non-hydrogen) atoms. The Morgan fingerprint density at radius 2 is 1.54 bits per heavy atom. The van der Waals surface area contributed by atoms with Gasteiger partial charge in [-0.25, -0.2) is 0 Å². The van der Waals surface area contributed by atoms with Crippen molar-refractivity contribution in [3.63, 3.8) is 0 Å². The molecule has 0 bridgehead atoms. The van der Waals surface area contributed by atoms with E-state index in [4.69, 9.17) is 36.5 Å². The van der Waals surface area contributed by atoms with Crippen LogP contribution in [-0.4, -0.2) is 83.0 Å². The fourth-order valence-corrected chi connectivity index (χ4v) is 8.42. The summed E-state index contributed by atoms with van der Waals surface area (Å²) >= 11 is 0. The first-order valence-corrected chi connectivity index (χ1v) is 21.5. The molecule has 1 aromatic heterocycles. The molecule has 5 atom stereocenters. The van der Waals surface area contributed by atoms with Crippen molar-refractivity contribution in [1.82, 2.24) is 4.98 Å². The molecule has 328 valence electrons. The predicted octanol–water partition coefficient (Wildman–Crippen LogP) is 6.05. The van der Waals surface area contributed by atoms with E-state index in [1.807, 2.05) is 48.6 Å². The molecule has 3 N–H and O–H groups in total. The molecule has 0 spiro atoms. The highest BCUT2D eigenvalue weighted by atomic mass is 16.6. The summed E-state index contributed by atoms with van der Waals surface area (Å²) in [6, 6.07) is 9.94. The maximum absolute atomic E-state index is 13.6. The van der Waals surface area contributed by atoms with Crippen molar-refractivity contribution in [2.45, 2.75) is 122 Å². The van der Waals surface area contributed by atoms with Gasteiger partial charge in [0, 0.05) is 75.4 Å². The summed E-state index contributed by atoms with van der Waals surface area (Å²) in [6.07, 6.45) is 23.5. The molecule has 2 saturated heterocycles. The lowest BCUT2D eigenvalue weighted by Crippen LogP contribution is -2.38. The first-order chi connectivity index (χ1) is 29.5. The minimum absolute atomic E-state index is 0.0706. The Morgan fingerprint density at radius 3 is 2.16 bits per heavy atom. The largest absolute Gasteiger partial charge is 0.460 e. The Hall–Kier alpha value is -4.82. The molecule has 3 heterocycles. The van der Waals surface area contributed by atoms with Crippen LogP contribution in [0.15, 0.2) is 60.8 Å². The number of aromatic nitrogens is 1. The molecule has 12 heteroatoms. The van der Waals surface area contributed by atoms with Crippen LogP contribution in [0.4, 0.5) is 0 Å². The van der Waals surface area contributed by atoms with E-state index in [9.17, 15) is 29.7 Å². The van der Waals surface area contributed by atoms with Crippen LogP contribution in [0.3, 0.4) is 0 Å². The van der Waals surface area contributed by atoms with E-state index in [2.05, 4.69) is 16.8 Å². The van der Waals surface area contributed by atoms with Gasteiger partial charge >= 0.3 is 17.9 Å². The number of hydrogen-bond acceptors (Lipinski definition) is 12. The van der Waals surface area contributed by atoms with Gasteiger partial charge in [-0.1, -0.05) is 54.6 Å². The topological polar surface area (TPSA) is 171 Å². The maximum Gasteiger partial charge on any atom is 0.313 e. The quantitative estimate of drug-likeness (QED) is 0.0612. The van der Waals surface area contributed by atoms with Gasteiger partial charge in [0.05, 0.1) is 34.8 Å². The van der Waals surface area contributed by atoms with Crippen LogP contribution in [0.1, 0.15) is 99.4 Å². The van der Waals surface area contributed by atoms with Crippen molar-refractivity contribution in [2.24, 2.45) is 22.7 Å². The molecule has 3 aliphatic rings. The summed E-state index contributed by atoms with van der Waals surface area (Å²) in [4.78, 5) is 44.9. The van der Waals surface area contributed by atoms with Crippen LogP contribution in [0, 0.1) is 54.3 Å². The molecule has 1 aromatic carbocycles. The molecule has 0 amide bonds. The average Bonchev–Trinajstić information content (AvgIpc) is 3.54. The van der Waals surface area contributed by atoms with E-state index in [1.165, 1.54) is 6.20 Å². The first kappa shape index (κ1) is 47.2. The van der Waals surface area contributed by atoms with Crippen LogP contribution < -0.4 is 4.74 Å². The lowest BCUT2D eigenvalue weighted by molar-refractivity contribution is -0.164. The summed E-state index contributed by atoms with van der Waals surface area (Å²) in [6.45, 7) is 2.70. The molecular weight excluding hydrogens is 779 g/mol. The zero-order chi connectivity index (χ0) is 43.7. The van der Waals surface area contributed by atoms with Crippen molar-refractivity contribution in [3.8, 4) is 30.4 Å². The van der Waals surface area contributed by atoms with Gasteiger partial charge < -0.3 is 39.0 Å². The fraction of sp³-hybridized carbons (Fsp3) is 0.551. The second kappa shape index (κ2) is 23.4. The number of carbonyl (C=O) groups is 3. The monoisotopic (exact) mass is 839 g/mol. The molecule has 1 aliphatic carbocycles. The van der Waals surface area contributed by atoms with Crippen LogP contribution in [0.25, 0.3) is 0 Å². The van der Waals surface area contributed by atoms with E-state index < -0.39 is 47.0 Å². The maximum atomic E-state index is 13.6. The zero-order valence-electron chi connectivity index (χ0n) is 35.3. The van der Waals surface area contributed by atoms with E-state index in [0.717, 1.165) is 12.0 Å². The van der Waals surface area contributed by atoms with Crippen molar-refractivity contribution in [3.05, 3.63) is 83.2 Å². The standard InChI is InChI=1S/C49H61NO11/c1-4-21-48(23-27-57-28-24-48)46(55)59-33-37-32-50-35(3)45(41(37)34-60-47(56)49(22-5-2)25-29-58-30-26-49)61-44(54)16-12-7-6-11-15-39-40(43(53)31-42(39)52)20-19-38(51)18-17-36-13-9-8-10-14-36/h1-2,6,8-11,13-14,19-20,32,38-40,42-43,51-53H,7,12,15-18,21-31,33-34H2,3H3/b11-6-,20-19+/t38-,39+,40+,42-,43+/m0/s1. The third-order valence-corrected chi connectivity index (χ3v) is 12.3. The third-order valence-electron chi connectivity index (χ3n) is 12.3. The smallest absolute Gasteiger partial charge is 0.313 e. The van der Waals surface area contributed by atoms with Crippen LogP contribution in [-0.2, 0) is 53.0 Å². The summed E-state index contributed by atoms with van der Waals surface area (Å²) in [7, 11) is 0. The number of esters is 3. The number of benzene rings is 1. The molecule has 5 rings (SSSR count). The molecule has 2 aliphatic heterocycles. The molecule has 2 aromatic rings. The molecule has 3 fully saturated rings. The summed E-state index contributed by atoms with van der Waals surface area (Å²) < 4.78 is 28.7. The van der Waals surface area contributed by atoms with Crippen molar-refractivity contribution in [2.75, 3.05) is 26.4 Å². The highest BCUT2D eigenvalue weighted by Gasteiger charge is 2.43. The molecule has 0 unspecified atom stereocenters. The van der Waals surface area contributed by atoms with Crippen molar-refractivity contribution >= 4 is 17.9 Å². The lowest BCUT2D eigenvalue weighted by atomic mass is 9.77. The second-order valence-electron chi connectivity index (χ2n) is 16.5. The van der Waals surface area contributed by atoms with Crippen LogP contribution in [0.5, 0.6) is 5.75 Å². The summed E-state index contributed by atoms with van der Waals surface area (Å²) in [5.74, 6) is 3.37. The molecule has 0 radical (unpaired) electrons. The van der Waals surface area contributed by atoms with Gasteiger partial charge in [-0.2, -0.15) is 0 Å². The minimum Gasteiger partial charge on any atom is -0.460 e. The second-order valence-corrected chi connectivity index (χ2v) is 16.5. The number of unbranched alkanes of at least 4 members (excludes halogenated alkanes) is 1. The number of carbonyl (C=O) groups excluding carboxylic acids is 3. The van der Waals surface area contributed by atoms with E-state index in [1.54, 1.807) is 13.0 Å². The van der Waals surface area contributed by atoms with Crippen molar-refractivity contribution in [1.29, 1.82) is 0 Å². The number of terminal acetylenes is 2. The van der Waals surface area contributed by atoms with Gasteiger partial charge in [0.1, 0.15) is 13.2 Å². The fourth-order valence-electron chi connectivity index (χ4n) is 8.42. The van der Waals surface area contributed by atoms with Gasteiger partial charge in [-0.15, -0.1) is 24.7 Å². The zero-order valence-corrected chi connectivity index (χ0v) is 35.3. The number of aliphatic hydroxyl groups excluding tert-OH is 3. The number of ether oxygens (including phenoxy) is 5. The number of aryl methyl sites for hydroxylation is 2. The van der Waals surface area contributed by atoms with Crippen LogP contribution >= 0.6 is 0 Å². The van der Waals surface area contributed by atoms with Gasteiger partial charge in [0.2, 0.25) is 0 Å². The Labute approximate surface area is 360 Å². The Balaban J connectivity index is 1.20. The normalized spacial score (nSPS) is 22.6. The van der Waals surface area contributed by atoms with E-state index in [-0.39, 0.29) is 56.5 Å². The van der Waals surface area contributed by atoms with Gasteiger partial charge in [0.15, 0.2) is 5.75 Å². The third kappa shape index (κ3) is 13.1. The highest BCUT2D eigenvalue weighted by Crippen LogP contribution is 2.39. The van der Waals surface area contributed by atoms with Gasteiger partial charge in [-0.3, -0.25) is 19.4 Å². The Morgan fingerprint density at radius 1 is 0.918 bits per heavy atom. The number of allylic oxidation sites excluding steroid dienone is 2. The summed E-state index contributed by atoms with van der Waals surface area (Å²) in [5.41, 5.74) is 0.505.